The summed E-state index contributed by atoms with van der Waals surface area (Å²) < 4.78 is 5.85. The number of nitrogens with one attached hydrogen (secondary N) is 1. The molecule has 0 unspecified atom stereocenters. The number of hydrogen-bond acceptors (Lipinski definition) is 4. The molecule has 0 saturated carbocycles. The van der Waals surface area contributed by atoms with E-state index in [0.717, 1.165) is 44.1 Å². The van der Waals surface area contributed by atoms with Crippen LogP contribution < -0.4 is 10.1 Å². The van der Waals surface area contributed by atoms with Gasteiger partial charge < -0.3 is 15.2 Å². The van der Waals surface area contributed by atoms with E-state index in [4.69, 9.17) is 4.74 Å². The Kier molecular flexibility index (Phi) is 7.53. The number of piperazine rings is 1. The Bertz CT molecular complexity index is 586. The second-order valence-corrected chi connectivity index (χ2v) is 5.80. The summed E-state index contributed by atoms with van der Waals surface area (Å²) in [6, 6.07) is 18.3. The Morgan fingerprint density at radius 3 is 2.21 bits per heavy atom. The molecule has 3 rings (SSSR count). The van der Waals surface area contributed by atoms with E-state index in [-0.39, 0.29) is 25.1 Å². The summed E-state index contributed by atoms with van der Waals surface area (Å²) in [5.41, 5.74) is 1.24. The molecule has 4 nitrogen and oxygen atoms in total. The average Bonchev–Trinajstić information content (AvgIpc) is 2.62. The van der Waals surface area contributed by atoms with E-state index in [2.05, 4.69) is 22.3 Å². The highest BCUT2D eigenvalue weighted by Gasteiger charge is 2.21. The van der Waals surface area contributed by atoms with E-state index < -0.39 is 0 Å². The molecule has 0 spiro atoms. The van der Waals surface area contributed by atoms with Crippen LogP contribution in [0.15, 0.2) is 54.6 Å². The molecule has 2 N–H and O–H groups in total. The van der Waals surface area contributed by atoms with E-state index in [1.807, 2.05) is 42.5 Å². The molecule has 24 heavy (non-hydrogen) atoms. The summed E-state index contributed by atoms with van der Waals surface area (Å²) in [5, 5.41) is 12.8. The highest BCUT2D eigenvalue weighted by Crippen LogP contribution is 2.28. The van der Waals surface area contributed by atoms with Crippen LogP contribution in [0.4, 0.5) is 0 Å². The van der Waals surface area contributed by atoms with E-state index >= 15 is 0 Å². The Morgan fingerprint density at radius 1 is 0.958 bits per heavy atom. The molecule has 2 aromatic carbocycles. The highest BCUT2D eigenvalue weighted by molar-refractivity contribution is 5.85. The zero-order valence-corrected chi connectivity index (χ0v) is 14.5. The predicted molar refractivity (Wildman–Crippen MR) is 99.1 cm³/mol. The zero-order chi connectivity index (χ0) is 15.9. The number of hydrogen-bond donors (Lipinski definition) is 2. The minimum Gasteiger partial charge on any atom is -0.457 e. The topological polar surface area (TPSA) is 44.7 Å². The first kappa shape index (κ1) is 18.7. The minimum atomic E-state index is 0. The molecule has 2 aromatic rings. The molecular formula is C19H25ClN2O2. The summed E-state index contributed by atoms with van der Waals surface area (Å²) in [4.78, 5) is 2.44. The summed E-state index contributed by atoms with van der Waals surface area (Å²) in [5.74, 6) is 1.68. The summed E-state index contributed by atoms with van der Waals surface area (Å²) in [7, 11) is 0. The molecule has 0 bridgehead atoms. The monoisotopic (exact) mass is 348 g/mol. The number of aliphatic hydroxyl groups is 1. The van der Waals surface area contributed by atoms with Crippen molar-refractivity contribution in [3.63, 3.8) is 0 Å². The number of halogens is 1. The third-order valence-corrected chi connectivity index (χ3v) is 4.24. The van der Waals surface area contributed by atoms with Crippen LogP contribution in [-0.2, 0) is 0 Å². The normalized spacial score (nSPS) is 16.2. The van der Waals surface area contributed by atoms with Crippen molar-refractivity contribution in [3.8, 4) is 11.5 Å². The molecule has 1 aliphatic heterocycles. The lowest BCUT2D eigenvalue weighted by Crippen LogP contribution is -2.45. The molecule has 0 aliphatic carbocycles. The van der Waals surface area contributed by atoms with E-state index in [0.29, 0.717) is 0 Å². The van der Waals surface area contributed by atoms with Gasteiger partial charge in [-0.25, -0.2) is 0 Å². The second-order valence-electron chi connectivity index (χ2n) is 5.80. The average molecular weight is 349 g/mol. The quantitative estimate of drug-likeness (QED) is 0.841. The lowest BCUT2D eigenvalue weighted by molar-refractivity contribution is 0.141. The number of aliphatic hydroxyl groups excluding tert-OH is 1. The predicted octanol–water partition coefficient (Wildman–Crippen LogP) is 3.23. The van der Waals surface area contributed by atoms with E-state index in [1.165, 1.54) is 5.56 Å². The number of ether oxygens (including phenoxy) is 1. The van der Waals surface area contributed by atoms with Crippen molar-refractivity contribution >= 4 is 12.4 Å². The van der Waals surface area contributed by atoms with E-state index in [1.54, 1.807) is 0 Å². The van der Waals surface area contributed by atoms with Crippen LogP contribution in [0.1, 0.15) is 18.0 Å². The smallest absolute Gasteiger partial charge is 0.127 e. The molecule has 1 aliphatic rings. The molecule has 0 amide bonds. The summed E-state index contributed by atoms with van der Waals surface area (Å²) >= 11 is 0. The van der Waals surface area contributed by atoms with Crippen molar-refractivity contribution < 1.29 is 9.84 Å². The molecule has 0 radical (unpaired) electrons. The highest BCUT2D eigenvalue weighted by atomic mass is 35.5. The lowest BCUT2D eigenvalue weighted by Gasteiger charge is -2.35. The molecule has 130 valence electrons. The first-order valence-electron chi connectivity index (χ1n) is 8.25. The van der Waals surface area contributed by atoms with Gasteiger partial charge in [-0.1, -0.05) is 30.3 Å². The number of rotatable bonds is 6. The molecule has 1 fully saturated rings. The van der Waals surface area contributed by atoms with E-state index in [9.17, 15) is 5.11 Å². The summed E-state index contributed by atoms with van der Waals surface area (Å²) in [6.07, 6.45) is 0.763. The molecule has 0 aromatic heterocycles. The van der Waals surface area contributed by atoms with Crippen LogP contribution in [0.25, 0.3) is 0 Å². The van der Waals surface area contributed by atoms with Crippen molar-refractivity contribution in [1.82, 2.24) is 10.2 Å². The van der Waals surface area contributed by atoms with Crippen LogP contribution in [0.5, 0.6) is 11.5 Å². The van der Waals surface area contributed by atoms with Gasteiger partial charge in [0.1, 0.15) is 11.5 Å². The van der Waals surface area contributed by atoms with Gasteiger partial charge in [0.15, 0.2) is 0 Å². The van der Waals surface area contributed by atoms with Gasteiger partial charge in [0, 0.05) is 38.8 Å². The van der Waals surface area contributed by atoms with Crippen molar-refractivity contribution in [1.29, 1.82) is 0 Å². The van der Waals surface area contributed by atoms with Gasteiger partial charge >= 0.3 is 0 Å². The van der Waals surface area contributed by atoms with Crippen molar-refractivity contribution in [3.05, 3.63) is 60.2 Å². The van der Waals surface area contributed by atoms with Gasteiger partial charge in [-0.3, -0.25) is 4.90 Å². The van der Waals surface area contributed by atoms with Crippen molar-refractivity contribution in [2.45, 2.75) is 12.5 Å². The fourth-order valence-corrected chi connectivity index (χ4v) is 3.06. The second kappa shape index (κ2) is 9.64. The fourth-order valence-electron chi connectivity index (χ4n) is 3.06. The first-order chi connectivity index (χ1) is 11.4. The van der Waals surface area contributed by atoms with Crippen LogP contribution in [-0.4, -0.2) is 42.8 Å². The zero-order valence-electron chi connectivity index (χ0n) is 13.7. The Morgan fingerprint density at radius 2 is 1.58 bits per heavy atom. The van der Waals surface area contributed by atoms with Crippen LogP contribution in [0, 0.1) is 0 Å². The van der Waals surface area contributed by atoms with Crippen LogP contribution >= 0.6 is 12.4 Å². The first-order valence-corrected chi connectivity index (χ1v) is 8.25. The third kappa shape index (κ3) is 4.95. The van der Waals surface area contributed by atoms with Gasteiger partial charge in [-0.05, 0) is 36.2 Å². The SMILES string of the molecule is Cl.OCC[C@H](c1ccc(Oc2ccccc2)cc1)N1CCNCC1. The molecule has 1 heterocycles. The molecule has 1 atom stereocenters. The maximum Gasteiger partial charge on any atom is 0.127 e. The number of para-hydroxylation sites is 1. The lowest BCUT2D eigenvalue weighted by atomic mass is 10.0. The van der Waals surface area contributed by atoms with Crippen LogP contribution in [0.2, 0.25) is 0 Å². The molecular weight excluding hydrogens is 324 g/mol. The third-order valence-electron chi connectivity index (χ3n) is 4.24. The number of benzene rings is 2. The summed E-state index contributed by atoms with van der Waals surface area (Å²) in [6.45, 7) is 4.27. The van der Waals surface area contributed by atoms with Crippen molar-refractivity contribution in [2.24, 2.45) is 0 Å². The van der Waals surface area contributed by atoms with Crippen LogP contribution in [0.3, 0.4) is 0 Å². The largest absolute Gasteiger partial charge is 0.457 e. The van der Waals surface area contributed by atoms with Gasteiger partial charge in [-0.2, -0.15) is 0 Å². The van der Waals surface area contributed by atoms with Gasteiger partial charge in [-0.15, -0.1) is 12.4 Å². The maximum atomic E-state index is 9.41. The Hall–Kier alpha value is -1.59. The van der Waals surface area contributed by atoms with Gasteiger partial charge in [0.05, 0.1) is 0 Å². The fraction of sp³-hybridized carbons (Fsp3) is 0.368. The maximum absolute atomic E-state index is 9.41. The molecule has 1 saturated heterocycles. The van der Waals surface area contributed by atoms with Gasteiger partial charge in [0.25, 0.3) is 0 Å². The standard InChI is InChI=1S/C19H24N2O2.ClH/c22-15-10-19(21-13-11-20-12-14-21)16-6-8-18(9-7-16)23-17-4-2-1-3-5-17;/h1-9,19-20,22H,10-15H2;1H/t19-;/m1./s1. The Balaban J connectivity index is 0.00000208. The molecule has 5 heteroatoms. The number of nitrogens with zero attached hydrogens (tertiary/aromatic N) is 1. The van der Waals surface area contributed by atoms with Gasteiger partial charge in [0.2, 0.25) is 0 Å². The van der Waals surface area contributed by atoms with Crippen molar-refractivity contribution in [2.75, 3.05) is 32.8 Å². The Labute approximate surface area is 149 Å². The minimum absolute atomic E-state index is 0.